The fourth-order valence-corrected chi connectivity index (χ4v) is 4.50. The van der Waals surface area contributed by atoms with E-state index in [2.05, 4.69) is 27.8 Å². The second-order valence-electron chi connectivity index (χ2n) is 6.06. The molecule has 2 aliphatic carbocycles. The van der Waals surface area contributed by atoms with E-state index in [9.17, 15) is 0 Å². The molecule has 0 aromatic heterocycles. The minimum absolute atomic E-state index is 0.247. The van der Waals surface area contributed by atoms with Crippen LogP contribution in [0.4, 0.5) is 0 Å². The van der Waals surface area contributed by atoms with Crippen LogP contribution in [0, 0.1) is 11.3 Å². The summed E-state index contributed by atoms with van der Waals surface area (Å²) in [6.45, 7) is 4.00. The second-order valence-corrected chi connectivity index (χ2v) is 6.51. The van der Waals surface area contributed by atoms with E-state index in [4.69, 9.17) is 9.47 Å². The van der Waals surface area contributed by atoms with E-state index >= 15 is 0 Å². The van der Waals surface area contributed by atoms with E-state index in [1.807, 2.05) is 0 Å². The molecule has 0 radical (unpaired) electrons. The smallest absolute Gasteiger partial charge is 0.169 e. The average molecular weight is 301 g/mol. The zero-order valence-electron chi connectivity index (χ0n) is 10.5. The van der Waals surface area contributed by atoms with E-state index in [1.165, 1.54) is 25.7 Å². The Bertz CT molecular complexity index is 333. The first-order valence-electron chi connectivity index (χ1n) is 6.75. The molecule has 96 valence electrons. The third-order valence-electron chi connectivity index (χ3n) is 5.05. The van der Waals surface area contributed by atoms with E-state index in [0.717, 1.165) is 26.1 Å². The van der Waals surface area contributed by atoms with Gasteiger partial charge in [0, 0.05) is 12.8 Å². The van der Waals surface area contributed by atoms with E-state index < -0.39 is 0 Å². The predicted molar refractivity (Wildman–Crippen MR) is 70.9 cm³/mol. The Morgan fingerprint density at radius 2 is 2.00 bits per heavy atom. The summed E-state index contributed by atoms with van der Waals surface area (Å²) in [4.78, 5) is 2.16. The lowest BCUT2D eigenvalue weighted by atomic mass is 9.58. The van der Waals surface area contributed by atoms with Crippen LogP contribution in [-0.4, -0.2) is 19.0 Å². The third-order valence-corrected chi connectivity index (χ3v) is 5.64. The monoisotopic (exact) mass is 300 g/mol. The molecule has 0 N–H and O–H groups in total. The molecule has 3 heteroatoms. The number of ether oxygens (including phenoxy) is 2. The van der Waals surface area contributed by atoms with Crippen molar-refractivity contribution in [3.05, 3.63) is 10.6 Å². The summed E-state index contributed by atoms with van der Waals surface area (Å²) in [5.41, 5.74) is 2.04. The van der Waals surface area contributed by atoms with Crippen molar-refractivity contribution >= 4 is 15.9 Å². The first kappa shape index (κ1) is 12.2. The zero-order chi connectivity index (χ0) is 11.9. The van der Waals surface area contributed by atoms with Crippen LogP contribution >= 0.6 is 15.9 Å². The first-order valence-corrected chi connectivity index (χ1v) is 7.66. The van der Waals surface area contributed by atoms with Gasteiger partial charge in [-0.2, -0.15) is 0 Å². The van der Waals surface area contributed by atoms with Gasteiger partial charge in [-0.25, -0.2) is 0 Å². The van der Waals surface area contributed by atoms with Crippen molar-refractivity contribution in [3.8, 4) is 0 Å². The summed E-state index contributed by atoms with van der Waals surface area (Å²) >= 11 is 3.55. The molecule has 17 heavy (non-hydrogen) atoms. The Hall–Kier alpha value is 0.140. The molecule has 0 amide bonds. The van der Waals surface area contributed by atoms with E-state index in [0.29, 0.717) is 11.3 Å². The molecule has 2 atom stereocenters. The number of rotatable bonds is 0. The molecule has 3 fully saturated rings. The molecule has 0 aromatic carbocycles. The zero-order valence-corrected chi connectivity index (χ0v) is 12.1. The predicted octanol–water partition coefficient (Wildman–Crippen LogP) is 4.00. The maximum atomic E-state index is 5.90. The quantitative estimate of drug-likeness (QED) is 0.673. The van der Waals surface area contributed by atoms with Gasteiger partial charge in [0.25, 0.3) is 0 Å². The largest absolute Gasteiger partial charge is 0.348 e. The van der Waals surface area contributed by atoms with Crippen LogP contribution in [0.25, 0.3) is 0 Å². The number of hydrogen-bond acceptors (Lipinski definition) is 2. The van der Waals surface area contributed by atoms with Crippen LogP contribution in [0.15, 0.2) is 10.6 Å². The lowest BCUT2D eigenvalue weighted by molar-refractivity contribution is -0.204. The van der Waals surface area contributed by atoms with Gasteiger partial charge in [0.1, 0.15) is 0 Å². The van der Waals surface area contributed by atoms with E-state index in [-0.39, 0.29) is 5.79 Å². The molecule has 3 aliphatic rings. The lowest BCUT2D eigenvalue weighted by Gasteiger charge is -2.51. The molecule has 2 nitrogen and oxygen atoms in total. The average Bonchev–Trinajstić information content (AvgIpc) is 2.78. The van der Waals surface area contributed by atoms with Gasteiger partial charge in [-0.05, 0) is 42.0 Å². The maximum absolute atomic E-state index is 5.90. The van der Waals surface area contributed by atoms with E-state index in [1.54, 1.807) is 5.57 Å². The molecule has 0 bridgehead atoms. The van der Waals surface area contributed by atoms with Gasteiger partial charge >= 0.3 is 0 Å². The Kier molecular flexibility index (Phi) is 3.12. The van der Waals surface area contributed by atoms with Crippen LogP contribution in [-0.2, 0) is 9.47 Å². The van der Waals surface area contributed by atoms with Crippen LogP contribution in [0.1, 0.15) is 45.4 Å². The Morgan fingerprint density at radius 3 is 2.71 bits per heavy atom. The van der Waals surface area contributed by atoms with Crippen molar-refractivity contribution in [1.29, 1.82) is 0 Å². The lowest BCUT2D eigenvalue weighted by Crippen LogP contribution is -2.47. The number of hydrogen-bond donors (Lipinski definition) is 0. The molecule has 3 rings (SSSR count). The highest BCUT2D eigenvalue weighted by molar-refractivity contribution is 9.11. The molecule has 1 heterocycles. The molecule has 0 unspecified atom stereocenters. The third kappa shape index (κ3) is 2.00. The summed E-state index contributed by atoms with van der Waals surface area (Å²) in [5, 5.41) is 0. The van der Waals surface area contributed by atoms with Gasteiger partial charge in [0.2, 0.25) is 0 Å². The molecule has 0 aromatic rings. The molecular formula is C14H21BrO2. The van der Waals surface area contributed by atoms with Crippen LogP contribution in [0.2, 0.25) is 0 Å². The van der Waals surface area contributed by atoms with Gasteiger partial charge in [0.05, 0.1) is 13.2 Å². The first-order chi connectivity index (χ1) is 8.18. The minimum Gasteiger partial charge on any atom is -0.348 e. The molecular weight excluding hydrogens is 280 g/mol. The van der Waals surface area contributed by atoms with Crippen molar-refractivity contribution in [1.82, 2.24) is 0 Å². The molecule has 1 aliphatic heterocycles. The highest BCUT2D eigenvalue weighted by Crippen LogP contribution is 2.56. The fraction of sp³-hybridized carbons (Fsp3) is 0.857. The molecule has 2 saturated carbocycles. The topological polar surface area (TPSA) is 18.5 Å². The number of fused-ring (bicyclic) bond motifs is 1. The summed E-state index contributed by atoms with van der Waals surface area (Å²) in [6, 6.07) is 0. The van der Waals surface area contributed by atoms with Crippen LogP contribution in [0.3, 0.4) is 0 Å². The molecule has 1 saturated heterocycles. The van der Waals surface area contributed by atoms with Gasteiger partial charge in [-0.1, -0.05) is 28.4 Å². The Labute approximate surface area is 112 Å². The summed E-state index contributed by atoms with van der Waals surface area (Å²) in [6.07, 6.45) is 7.30. The van der Waals surface area contributed by atoms with Crippen molar-refractivity contribution in [2.75, 3.05) is 13.2 Å². The second kappa shape index (κ2) is 4.36. The summed E-state index contributed by atoms with van der Waals surface area (Å²) in [7, 11) is 0. The fourth-order valence-electron chi connectivity index (χ4n) is 3.95. The van der Waals surface area contributed by atoms with Crippen molar-refractivity contribution in [2.45, 2.75) is 51.2 Å². The van der Waals surface area contributed by atoms with Gasteiger partial charge in [0.15, 0.2) is 5.79 Å². The van der Waals surface area contributed by atoms with Gasteiger partial charge in [-0.15, -0.1) is 0 Å². The van der Waals surface area contributed by atoms with Gasteiger partial charge in [-0.3, -0.25) is 0 Å². The van der Waals surface area contributed by atoms with Crippen LogP contribution < -0.4 is 0 Å². The standard InChI is InChI=1S/C14H21BrO2/c1-13-4-2-3-11(10-15)12(13)9-14(6-5-13)16-7-8-17-14/h10,12H,2-9H2,1H3/t12-,13-/m1/s1. The normalized spacial score (nSPS) is 42.9. The van der Waals surface area contributed by atoms with Gasteiger partial charge < -0.3 is 9.47 Å². The molecule has 1 spiro atoms. The minimum atomic E-state index is -0.247. The highest BCUT2D eigenvalue weighted by atomic mass is 79.9. The van der Waals surface area contributed by atoms with Crippen molar-refractivity contribution in [3.63, 3.8) is 0 Å². The highest BCUT2D eigenvalue weighted by Gasteiger charge is 2.51. The SMILES string of the molecule is C[C@]12CCCC(=CBr)[C@H]1CC1(CC2)OCCO1. The van der Waals surface area contributed by atoms with Crippen LogP contribution in [0.5, 0.6) is 0 Å². The Balaban J connectivity index is 1.86. The van der Waals surface area contributed by atoms with Crippen molar-refractivity contribution in [2.24, 2.45) is 11.3 Å². The number of halogens is 1. The van der Waals surface area contributed by atoms with Crippen molar-refractivity contribution < 1.29 is 9.47 Å². The summed E-state index contributed by atoms with van der Waals surface area (Å²) < 4.78 is 11.8. The summed E-state index contributed by atoms with van der Waals surface area (Å²) in [5.74, 6) is 0.394. The number of allylic oxidation sites excluding steroid dienone is 1. The Morgan fingerprint density at radius 1 is 1.24 bits per heavy atom. The maximum Gasteiger partial charge on any atom is 0.169 e.